The minimum atomic E-state index is -0.139. The van der Waals surface area contributed by atoms with Gasteiger partial charge in [-0.05, 0) is 35.3 Å². The van der Waals surface area contributed by atoms with Crippen molar-refractivity contribution >= 4 is 11.5 Å². The second-order valence-corrected chi connectivity index (χ2v) is 6.93. The van der Waals surface area contributed by atoms with Crippen LogP contribution in [-0.4, -0.2) is 30.4 Å². The Morgan fingerprint density at radius 2 is 1.75 bits per heavy atom. The van der Waals surface area contributed by atoms with Gasteiger partial charge in [0.25, 0.3) is 0 Å². The third-order valence-corrected chi connectivity index (χ3v) is 5.12. The molecule has 0 saturated heterocycles. The molecule has 2 heterocycles. The van der Waals surface area contributed by atoms with Crippen molar-refractivity contribution in [3.8, 4) is 0 Å². The van der Waals surface area contributed by atoms with Gasteiger partial charge in [-0.3, -0.25) is 10.1 Å². The summed E-state index contributed by atoms with van der Waals surface area (Å²) in [7, 11) is 0. The Bertz CT molecular complexity index is 918. The summed E-state index contributed by atoms with van der Waals surface area (Å²) in [6.07, 6.45) is 4.71. The van der Waals surface area contributed by atoms with Gasteiger partial charge in [-0.2, -0.15) is 0 Å². The highest BCUT2D eigenvalue weighted by atomic mass is 16.3. The number of benzene rings is 2. The second kappa shape index (κ2) is 8.72. The minimum absolute atomic E-state index is 0.107. The lowest BCUT2D eigenvalue weighted by molar-refractivity contribution is -0.129. The van der Waals surface area contributed by atoms with Crippen molar-refractivity contribution in [3.63, 3.8) is 0 Å². The van der Waals surface area contributed by atoms with E-state index < -0.39 is 0 Å². The lowest BCUT2D eigenvalue weighted by Gasteiger charge is -2.27. The monoisotopic (exact) mass is 372 g/mol. The van der Waals surface area contributed by atoms with Crippen molar-refractivity contribution in [2.75, 3.05) is 19.6 Å². The largest absolute Gasteiger partial charge is 0.467 e. The molecule has 0 radical (unpaired) electrons. The van der Waals surface area contributed by atoms with Crippen LogP contribution in [0.15, 0.2) is 89.6 Å². The van der Waals surface area contributed by atoms with E-state index in [4.69, 9.17) is 4.42 Å². The maximum atomic E-state index is 12.8. The molecule has 1 N–H and O–H groups in total. The Balaban J connectivity index is 1.39. The summed E-state index contributed by atoms with van der Waals surface area (Å²) in [5.74, 6) is 0.916. The second-order valence-electron chi connectivity index (χ2n) is 6.93. The molecule has 0 bridgehead atoms. The first-order chi connectivity index (χ1) is 13.8. The minimum Gasteiger partial charge on any atom is -0.467 e. The zero-order chi connectivity index (χ0) is 19.2. The highest BCUT2D eigenvalue weighted by Crippen LogP contribution is 2.23. The zero-order valence-electron chi connectivity index (χ0n) is 15.8. The molecule has 4 heteroatoms. The number of hydrogen-bond donors (Lipinski definition) is 1. The van der Waals surface area contributed by atoms with Crippen molar-refractivity contribution in [1.82, 2.24) is 10.2 Å². The van der Waals surface area contributed by atoms with Crippen LogP contribution in [0.3, 0.4) is 0 Å². The van der Waals surface area contributed by atoms with Gasteiger partial charge >= 0.3 is 0 Å². The van der Waals surface area contributed by atoms with E-state index in [-0.39, 0.29) is 18.5 Å². The highest BCUT2D eigenvalue weighted by Gasteiger charge is 2.21. The summed E-state index contributed by atoms with van der Waals surface area (Å²) < 4.78 is 5.59. The molecule has 1 aromatic heterocycles. The van der Waals surface area contributed by atoms with Crippen LogP contribution >= 0.6 is 0 Å². The number of carbonyl (C=O) groups is 1. The molecule has 4 rings (SSSR count). The summed E-state index contributed by atoms with van der Waals surface area (Å²) in [4.78, 5) is 14.7. The smallest absolute Gasteiger partial charge is 0.236 e. The quantitative estimate of drug-likeness (QED) is 0.703. The Morgan fingerprint density at radius 1 is 1.00 bits per heavy atom. The van der Waals surface area contributed by atoms with Crippen LogP contribution in [0, 0.1) is 0 Å². The lowest BCUT2D eigenvalue weighted by Crippen LogP contribution is -2.41. The van der Waals surface area contributed by atoms with Crippen LogP contribution in [0.2, 0.25) is 0 Å². The summed E-state index contributed by atoms with van der Waals surface area (Å²) >= 11 is 0. The van der Waals surface area contributed by atoms with Crippen LogP contribution in [0.5, 0.6) is 0 Å². The summed E-state index contributed by atoms with van der Waals surface area (Å²) in [5, 5.41) is 3.37. The fourth-order valence-corrected chi connectivity index (χ4v) is 3.59. The van der Waals surface area contributed by atoms with Crippen molar-refractivity contribution in [2.45, 2.75) is 12.5 Å². The predicted octanol–water partition coefficient (Wildman–Crippen LogP) is 4.27. The van der Waals surface area contributed by atoms with Crippen LogP contribution in [-0.2, 0) is 4.79 Å². The van der Waals surface area contributed by atoms with Crippen molar-refractivity contribution in [1.29, 1.82) is 0 Å². The van der Waals surface area contributed by atoms with E-state index in [9.17, 15) is 4.79 Å². The third-order valence-electron chi connectivity index (χ3n) is 5.12. The normalized spacial score (nSPS) is 15.1. The number of nitrogens with one attached hydrogen (secondary N) is 1. The lowest BCUT2D eigenvalue weighted by atomic mass is 9.99. The summed E-state index contributed by atoms with van der Waals surface area (Å²) in [6, 6.07) is 24.1. The standard InChI is InChI=1S/C24H24N2O2/c27-23(26-15-13-20(14-16-26)19-8-3-1-4-9-19)18-25-24(22-12-7-17-28-22)21-10-5-2-6-11-21/h1-13,17,24-25H,14-16,18H2/t24-/m1/s1. The van der Waals surface area contributed by atoms with Gasteiger partial charge in [0.1, 0.15) is 5.76 Å². The topological polar surface area (TPSA) is 45.5 Å². The Kier molecular flexibility index (Phi) is 5.69. The van der Waals surface area contributed by atoms with Crippen molar-refractivity contribution in [2.24, 2.45) is 0 Å². The number of rotatable bonds is 6. The van der Waals surface area contributed by atoms with E-state index >= 15 is 0 Å². The van der Waals surface area contributed by atoms with E-state index in [0.717, 1.165) is 24.3 Å². The molecule has 0 spiro atoms. The number of hydrogen-bond acceptors (Lipinski definition) is 3. The van der Waals surface area contributed by atoms with Crippen molar-refractivity contribution < 1.29 is 9.21 Å². The fraction of sp³-hybridized carbons (Fsp3) is 0.208. The molecule has 4 nitrogen and oxygen atoms in total. The Morgan fingerprint density at radius 3 is 2.39 bits per heavy atom. The molecule has 2 aromatic carbocycles. The Labute approximate surface area is 165 Å². The van der Waals surface area contributed by atoms with E-state index in [2.05, 4.69) is 35.7 Å². The maximum absolute atomic E-state index is 12.8. The van der Waals surface area contributed by atoms with E-state index in [1.807, 2.05) is 53.4 Å². The predicted molar refractivity (Wildman–Crippen MR) is 111 cm³/mol. The first-order valence-electron chi connectivity index (χ1n) is 9.65. The first kappa shape index (κ1) is 18.3. The number of furan rings is 1. The number of carbonyl (C=O) groups excluding carboxylic acids is 1. The first-order valence-corrected chi connectivity index (χ1v) is 9.65. The highest BCUT2D eigenvalue weighted by molar-refractivity contribution is 5.80. The Hall–Kier alpha value is -3.11. The van der Waals surface area contributed by atoms with Crippen LogP contribution in [0.4, 0.5) is 0 Å². The van der Waals surface area contributed by atoms with Gasteiger partial charge in [0.2, 0.25) is 5.91 Å². The van der Waals surface area contributed by atoms with Crippen molar-refractivity contribution in [3.05, 3.63) is 102 Å². The third kappa shape index (κ3) is 4.24. The molecule has 1 aliphatic rings. The average molecular weight is 372 g/mol. The molecule has 0 unspecified atom stereocenters. The van der Waals surface area contributed by atoms with E-state index in [0.29, 0.717) is 6.54 Å². The van der Waals surface area contributed by atoms with E-state index in [1.165, 1.54) is 11.1 Å². The molecule has 28 heavy (non-hydrogen) atoms. The zero-order valence-corrected chi connectivity index (χ0v) is 15.8. The SMILES string of the molecule is O=C(CN[C@H](c1ccccc1)c1ccco1)N1CC=C(c2ccccc2)CC1. The molecular formula is C24H24N2O2. The average Bonchev–Trinajstić information content (AvgIpc) is 3.30. The number of amides is 1. The molecule has 1 aliphatic heterocycles. The van der Waals surface area contributed by atoms with Crippen LogP contribution in [0.1, 0.15) is 29.3 Å². The molecule has 1 amide bonds. The van der Waals surface area contributed by atoms with Gasteiger partial charge in [0.05, 0.1) is 18.8 Å². The fourth-order valence-electron chi connectivity index (χ4n) is 3.59. The maximum Gasteiger partial charge on any atom is 0.236 e. The van der Waals surface area contributed by atoms with Gasteiger partial charge in [-0.25, -0.2) is 0 Å². The molecular weight excluding hydrogens is 348 g/mol. The van der Waals surface area contributed by atoms with Gasteiger partial charge in [0, 0.05) is 13.1 Å². The van der Waals surface area contributed by atoms with Gasteiger partial charge in [0.15, 0.2) is 0 Å². The van der Waals surface area contributed by atoms with E-state index in [1.54, 1.807) is 6.26 Å². The number of nitrogens with zero attached hydrogens (tertiary/aromatic N) is 1. The van der Waals surface area contributed by atoms with Gasteiger partial charge < -0.3 is 9.32 Å². The van der Waals surface area contributed by atoms with Gasteiger partial charge in [-0.15, -0.1) is 0 Å². The van der Waals surface area contributed by atoms with Crippen LogP contribution in [0.25, 0.3) is 5.57 Å². The summed E-state index contributed by atoms with van der Waals surface area (Å²) in [5.41, 5.74) is 3.64. The molecule has 0 aliphatic carbocycles. The molecule has 1 atom stereocenters. The molecule has 3 aromatic rings. The van der Waals surface area contributed by atoms with Gasteiger partial charge in [-0.1, -0.05) is 66.7 Å². The molecule has 0 saturated carbocycles. The molecule has 142 valence electrons. The molecule has 0 fully saturated rings. The summed E-state index contributed by atoms with van der Waals surface area (Å²) in [6.45, 7) is 1.67. The van der Waals surface area contributed by atoms with Crippen LogP contribution < -0.4 is 5.32 Å².